The molecule has 0 aliphatic heterocycles. The summed E-state index contributed by atoms with van der Waals surface area (Å²) in [6.45, 7) is 1.52. The highest BCUT2D eigenvalue weighted by molar-refractivity contribution is 7.98. The summed E-state index contributed by atoms with van der Waals surface area (Å²) in [6, 6.07) is 13.6. The van der Waals surface area contributed by atoms with Crippen LogP contribution in [0.1, 0.15) is 16.8 Å². The van der Waals surface area contributed by atoms with Gasteiger partial charge in [0.1, 0.15) is 11.3 Å². The molecule has 0 saturated carbocycles. The lowest BCUT2D eigenvalue weighted by molar-refractivity contribution is 0.0986. The molecule has 0 unspecified atom stereocenters. The molecule has 1 heterocycles. The van der Waals surface area contributed by atoms with Gasteiger partial charge in [-0.1, -0.05) is 17.4 Å². The molecule has 3 aromatic rings. The number of para-hydroxylation sites is 1. The van der Waals surface area contributed by atoms with E-state index in [0.717, 1.165) is 33.8 Å². The van der Waals surface area contributed by atoms with E-state index in [1.165, 1.54) is 11.3 Å². The molecule has 1 aromatic heterocycles. The Morgan fingerprint density at radius 1 is 1.14 bits per heavy atom. The molecule has 28 heavy (non-hydrogen) atoms. The number of benzene rings is 2. The quantitative estimate of drug-likeness (QED) is 0.502. The van der Waals surface area contributed by atoms with Gasteiger partial charge in [-0.2, -0.15) is 0 Å². The van der Waals surface area contributed by atoms with Gasteiger partial charge in [-0.05, 0) is 69.7 Å². The van der Waals surface area contributed by atoms with E-state index in [0.29, 0.717) is 17.2 Å². The van der Waals surface area contributed by atoms with Crippen molar-refractivity contribution in [1.82, 2.24) is 9.88 Å². The molecule has 5 nitrogen and oxygen atoms in total. The van der Waals surface area contributed by atoms with Crippen molar-refractivity contribution in [1.29, 1.82) is 0 Å². The van der Waals surface area contributed by atoms with E-state index in [4.69, 9.17) is 9.72 Å². The van der Waals surface area contributed by atoms with Crippen LogP contribution in [0.15, 0.2) is 47.4 Å². The molecule has 0 saturated heterocycles. The Bertz CT molecular complexity index is 938. The number of amides is 1. The number of hydrogen-bond donors (Lipinski definition) is 0. The average molecular weight is 416 g/mol. The first-order valence-corrected chi connectivity index (χ1v) is 11.1. The van der Waals surface area contributed by atoms with Gasteiger partial charge in [0, 0.05) is 17.0 Å². The Balaban J connectivity index is 1.94. The van der Waals surface area contributed by atoms with Gasteiger partial charge in [-0.25, -0.2) is 4.98 Å². The van der Waals surface area contributed by atoms with Crippen LogP contribution < -0.4 is 9.64 Å². The molecule has 148 valence electrons. The van der Waals surface area contributed by atoms with Gasteiger partial charge in [0.25, 0.3) is 5.91 Å². The number of fused-ring (bicyclic) bond motifs is 1. The summed E-state index contributed by atoms with van der Waals surface area (Å²) in [5, 5.41) is 0.706. The van der Waals surface area contributed by atoms with E-state index in [1.807, 2.05) is 62.8 Å². The van der Waals surface area contributed by atoms with Crippen molar-refractivity contribution in [3.05, 3.63) is 48.0 Å². The average Bonchev–Trinajstić information content (AvgIpc) is 3.14. The molecule has 0 atom stereocenters. The van der Waals surface area contributed by atoms with Gasteiger partial charge < -0.3 is 9.64 Å². The molecular weight excluding hydrogens is 390 g/mol. The number of ether oxygens (including phenoxy) is 1. The Labute approximate surface area is 174 Å². The monoisotopic (exact) mass is 415 g/mol. The Hall–Kier alpha value is -2.09. The molecule has 0 aliphatic rings. The van der Waals surface area contributed by atoms with Gasteiger partial charge in [0.05, 0.1) is 11.8 Å². The zero-order chi connectivity index (χ0) is 20.1. The zero-order valence-corrected chi connectivity index (χ0v) is 18.3. The number of carbonyl (C=O) groups excluding carboxylic acids is 1. The van der Waals surface area contributed by atoms with Crippen LogP contribution in [-0.2, 0) is 0 Å². The fourth-order valence-electron chi connectivity index (χ4n) is 2.91. The van der Waals surface area contributed by atoms with Crippen LogP contribution in [0, 0.1) is 0 Å². The minimum absolute atomic E-state index is 0.0237. The van der Waals surface area contributed by atoms with Gasteiger partial charge in [-0.15, -0.1) is 11.8 Å². The predicted molar refractivity (Wildman–Crippen MR) is 119 cm³/mol. The fourth-order valence-corrected chi connectivity index (χ4v) is 4.33. The van der Waals surface area contributed by atoms with Crippen LogP contribution in [0.4, 0.5) is 5.13 Å². The number of carbonyl (C=O) groups is 1. The second kappa shape index (κ2) is 9.41. The largest absolute Gasteiger partial charge is 0.494 e. The fraction of sp³-hybridized carbons (Fsp3) is 0.333. The first-order chi connectivity index (χ1) is 13.5. The summed E-state index contributed by atoms with van der Waals surface area (Å²) in [5.41, 5.74) is 1.47. The van der Waals surface area contributed by atoms with E-state index in [-0.39, 0.29) is 5.91 Å². The van der Waals surface area contributed by atoms with Crippen LogP contribution in [0.25, 0.3) is 10.2 Å². The molecule has 0 spiro atoms. The highest BCUT2D eigenvalue weighted by Crippen LogP contribution is 2.34. The number of methoxy groups -OCH3 is 1. The first kappa shape index (κ1) is 20.6. The third kappa shape index (κ3) is 4.66. The van der Waals surface area contributed by atoms with Crippen molar-refractivity contribution in [2.75, 3.05) is 45.5 Å². The van der Waals surface area contributed by atoms with Crippen LogP contribution in [0.3, 0.4) is 0 Å². The molecule has 7 heteroatoms. The summed E-state index contributed by atoms with van der Waals surface area (Å²) < 4.78 is 6.45. The summed E-state index contributed by atoms with van der Waals surface area (Å²) in [4.78, 5) is 23.1. The van der Waals surface area contributed by atoms with Gasteiger partial charge in [-0.3, -0.25) is 9.69 Å². The topological polar surface area (TPSA) is 45.7 Å². The minimum Gasteiger partial charge on any atom is -0.494 e. The predicted octanol–water partition coefficient (Wildman–Crippen LogP) is 4.63. The smallest absolute Gasteiger partial charge is 0.260 e. The van der Waals surface area contributed by atoms with E-state index >= 15 is 0 Å². The van der Waals surface area contributed by atoms with Crippen LogP contribution in [0.5, 0.6) is 5.75 Å². The number of rotatable bonds is 8. The van der Waals surface area contributed by atoms with Crippen molar-refractivity contribution in [3.63, 3.8) is 0 Å². The lowest BCUT2D eigenvalue weighted by atomic mass is 10.2. The molecular formula is C21H25N3O2S2. The maximum Gasteiger partial charge on any atom is 0.260 e. The van der Waals surface area contributed by atoms with Gasteiger partial charge in [0.2, 0.25) is 0 Å². The zero-order valence-electron chi connectivity index (χ0n) is 16.6. The molecule has 2 aromatic carbocycles. The van der Waals surface area contributed by atoms with E-state index in [9.17, 15) is 4.79 Å². The third-order valence-corrected chi connectivity index (χ3v) is 6.18. The number of aromatic nitrogens is 1. The number of thioether (sulfide) groups is 1. The standard InChI is InChI=1S/C21H25N3O2S2/c1-23(2)13-6-14-24(20(25)15-9-11-16(27-4)12-10-15)21-22-19-17(26-3)7-5-8-18(19)28-21/h5,7-12H,6,13-14H2,1-4H3. The van der Waals surface area contributed by atoms with Gasteiger partial charge >= 0.3 is 0 Å². The Morgan fingerprint density at radius 3 is 2.54 bits per heavy atom. The van der Waals surface area contributed by atoms with E-state index in [2.05, 4.69) is 4.90 Å². The highest BCUT2D eigenvalue weighted by Gasteiger charge is 2.22. The molecule has 3 rings (SSSR count). The van der Waals surface area contributed by atoms with Crippen molar-refractivity contribution in [3.8, 4) is 5.75 Å². The molecule has 0 N–H and O–H groups in total. The lowest BCUT2D eigenvalue weighted by Crippen LogP contribution is -2.33. The second-order valence-electron chi connectivity index (χ2n) is 6.65. The van der Waals surface area contributed by atoms with Crippen molar-refractivity contribution in [2.45, 2.75) is 11.3 Å². The van der Waals surface area contributed by atoms with Crippen molar-refractivity contribution < 1.29 is 9.53 Å². The van der Waals surface area contributed by atoms with Crippen LogP contribution in [-0.4, -0.2) is 56.3 Å². The van der Waals surface area contributed by atoms with Crippen molar-refractivity contribution >= 4 is 44.4 Å². The summed E-state index contributed by atoms with van der Waals surface area (Å²) in [7, 11) is 5.72. The third-order valence-electron chi connectivity index (χ3n) is 4.39. The Kier molecular flexibility index (Phi) is 6.93. The molecule has 0 bridgehead atoms. The maximum atomic E-state index is 13.3. The summed E-state index contributed by atoms with van der Waals surface area (Å²) in [5.74, 6) is 0.703. The van der Waals surface area contributed by atoms with E-state index in [1.54, 1.807) is 23.8 Å². The second-order valence-corrected chi connectivity index (χ2v) is 8.53. The van der Waals surface area contributed by atoms with Crippen LogP contribution >= 0.6 is 23.1 Å². The summed E-state index contributed by atoms with van der Waals surface area (Å²) in [6.07, 6.45) is 2.90. The number of nitrogens with zero attached hydrogens (tertiary/aromatic N) is 3. The molecule has 1 amide bonds. The number of thiazole rings is 1. The lowest BCUT2D eigenvalue weighted by Gasteiger charge is -2.21. The number of hydrogen-bond acceptors (Lipinski definition) is 6. The van der Waals surface area contributed by atoms with E-state index < -0.39 is 0 Å². The summed E-state index contributed by atoms with van der Waals surface area (Å²) >= 11 is 3.18. The Morgan fingerprint density at radius 2 is 1.89 bits per heavy atom. The first-order valence-electron chi connectivity index (χ1n) is 9.07. The molecule has 0 radical (unpaired) electrons. The molecule has 0 aliphatic carbocycles. The van der Waals surface area contributed by atoms with Crippen molar-refractivity contribution in [2.24, 2.45) is 0 Å². The SMILES string of the molecule is COc1cccc2sc(N(CCCN(C)C)C(=O)c3ccc(SC)cc3)nc12. The van der Waals surface area contributed by atoms with Crippen LogP contribution in [0.2, 0.25) is 0 Å². The normalized spacial score (nSPS) is 11.2. The minimum atomic E-state index is -0.0237. The van der Waals surface area contributed by atoms with Gasteiger partial charge in [0.15, 0.2) is 5.13 Å². The maximum absolute atomic E-state index is 13.3. The molecule has 0 fully saturated rings. The highest BCUT2D eigenvalue weighted by atomic mass is 32.2. The number of anilines is 1.